The first-order valence-electron chi connectivity index (χ1n) is 6.46. The topological polar surface area (TPSA) is 58.3 Å². The van der Waals surface area contributed by atoms with E-state index >= 15 is 0 Å². The number of hydrogen-bond donors (Lipinski definition) is 0. The van der Waals surface area contributed by atoms with Crippen LogP contribution in [0.4, 0.5) is 6.01 Å². The maximum absolute atomic E-state index is 5.49. The fraction of sp³-hybridized carbons (Fsp3) is 0.583. The smallest absolute Gasteiger partial charge is 0.318 e. The third-order valence-corrected chi connectivity index (χ3v) is 3.88. The molecule has 1 fully saturated rings. The lowest BCUT2D eigenvalue weighted by atomic mass is 10.3. The number of aryl methyl sites for hydroxylation is 1. The Morgan fingerprint density at radius 2 is 2.21 bits per heavy atom. The Balaban J connectivity index is 1.59. The Morgan fingerprint density at radius 3 is 2.95 bits per heavy atom. The minimum atomic E-state index is 0.624. The third kappa shape index (κ3) is 3.10. The minimum absolute atomic E-state index is 0.624. The van der Waals surface area contributed by atoms with E-state index in [2.05, 4.69) is 30.4 Å². The highest BCUT2D eigenvalue weighted by atomic mass is 32.1. The first kappa shape index (κ1) is 12.6. The largest absolute Gasteiger partial charge is 0.408 e. The van der Waals surface area contributed by atoms with Gasteiger partial charge in [0, 0.05) is 45.0 Å². The second-order valence-electron chi connectivity index (χ2n) is 4.70. The molecule has 0 amide bonds. The van der Waals surface area contributed by atoms with E-state index in [-0.39, 0.29) is 0 Å². The van der Waals surface area contributed by atoms with Crippen molar-refractivity contribution < 1.29 is 4.42 Å². The number of nitrogens with zero attached hydrogens (tertiary/aromatic N) is 5. The second kappa shape index (κ2) is 5.66. The monoisotopic (exact) mass is 279 g/mol. The molecule has 3 heterocycles. The van der Waals surface area contributed by atoms with E-state index in [9.17, 15) is 0 Å². The summed E-state index contributed by atoms with van der Waals surface area (Å²) in [5, 5.41) is 10.1. The molecule has 102 valence electrons. The highest BCUT2D eigenvalue weighted by molar-refractivity contribution is 7.07. The van der Waals surface area contributed by atoms with E-state index in [4.69, 9.17) is 4.42 Å². The van der Waals surface area contributed by atoms with Gasteiger partial charge >= 0.3 is 6.01 Å². The van der Waals surface area contributed by atoms with Crippen molar-refractivity contribution in [3.8, 4) is 0 Å². The predicted octanol–water partition coefficient (Wildman–Crippen LogP) is 1.55. The molecule has 0 saturated carbocycles. The molecular formula is C12H17N5OS. The van der Waals surface area contributed by atoms with Gasteiger partial charge in [0.2, 0.25) is 5.89 Å². The lowest BCUT2D eigenvalue weighted by molar-refractivity contribution is 0.282. The number of thiazole rings is 1. The predicted molar refractivity (Wildman–Crippen MR) is 73.3 cm³/mol. The van der Waals surface area contributed by atoms with Gasteiger partial charge in [-0.1, -0.05) is 5.10 Å². The van der Waals surface area contributed by atoms with Crippen LogP contribution in [0.5, 0.6) is 0 Å². The molecule has 1 aliphatic rings. The molecule has 0 radical (unpaired) electrons. The van der Waals surface area contributed by atoms with Gasteiger partial charge in [0.1, 0.15) is 0 Å². The molecule has 0 bridgehead atoms. The summed E-state index contributed by atoms with van der Waals surface area (Å²) < 4.78 is 5.49. The highest BCUT2D eigenvalue weighted by Crippen LogP contribution is 2.15. The van der Waals surface area contributed by atoms with Crippen molar-refractivity contribution in [2.75, 3.05) is 31.1 Å². The van der Waals surface area contributed by atoms with Crippen LogP contribution in [0.1, 0.15) is 18.0 Å². The van der Waals surface area contributed by atoms with Crippen molar-refractivity contribution in [1.82, 2.24) is 20.1 Å². The quantitative estimate of drug-likeness (QED) is 0.849. The average molecular weight is 279 g/mol. The first-order chi connectivity index (χ1) is 9.31. The lowest BCUT2D eigenvalue weighted by Crippen LogP contribution is -2.30. The van der Waals surface area contributed by atoms with Gasteiger partial charge in [0.05, 0.1) is 11.2 Å². The van der Waals surface area contributed by atoms with Crippen LogP contribution < -0.4 is 4.90 Å². The average Bonchev–Trinajstić information content (AvgIpc) is 2.99. The Kier molecular flexibility index (Phi) is 3.74. The van der Waals surface area contributed by atoms with E-state index in [1.54, 1.807) is 11.3 Å². The van der Waals surface area contributed by atoms with Crippen LogP contribution >= 0.6 is 11.3 Å². The van der Waals surface area contributed by atoms with Gasteiger partial charge < -0.3 is 9.32 Å². The van der Waals surface area contributed by atoms with E-state index in [0.29, 0.717) is 11.9 Å². The van der Waals surface area contributed by atoms with Crippen LogP contribution in [-0.2, 0) is 6.54 Å². The molecule has 1 saturated heterocycles. The Morgan fingerprint density at radius 1 is 1.26 bits per heavy atom. The zero-order chi connectivity index (χ0) is 13.1. The van der Waals surface area contributed by atoms with Gasteiger partial charge in [-0.05, 0) is 6.42 Å². The maximum Gasteiger partial charge on any atom is 0.318 e. The van der Waals surface area contributed by atoms with Crippen molar-refractivity contribution in [2.24, 2.45) is 0 Å². The number of hydrogen-bond acceptors (Lipinski definition) is 7. The Bertz CT molecular complexity index is 512. The Labute approximate surface area is 116 Å². The van der Waals surface area contributed by atoms with Gasteiger partial charge in [0.25, 0.3) is 0 Å². The zero-order valence-electron chi connectivity index (χ0n) is 10.9. The third-order valence-electron chi connectivity index (χ3n) is 3.24. The van der Waals surface area contributed by atoms with Crippen molar-refractivity contribution in [3.63, 3.8) is 0 Å². The van der Waals surface area contributed by atoms with Crippen LogP contribution in [0.3, 0.4) is 0 Å². The SMILES string of the molecule is Cc1nnc(N2CCCN(Cc3cscn3)CC2)o1. The summed E-state index contributed by atoms with van der Waals surface area (Å²) in [6.45, 7) is 6.73. The molecule has 0 aromatic carbocycles. The maximum atomic E-state index is 5.49. The van der Waals surface area contributed by atoms with Gasteiger partial charge in [-0.15, -0.1) is 16.4 Å². The normalized spacial score (nSPS) is 17.6. The molecular weight excluding hydrogens is 262 g/mol. The molecule has 6 nitrogen and oxygen atoms in total. The molecule has 2 aromatic rings. The summed E-state index contributed by atoms with van der Waals surface area (Å²) in [7, 11) is 0. The summed E-state index contributed by atoms with van der Waals surface area (Å²) in [5.41, 5.74) is 3.05. The molecule has 2 aromatic heterocycles. The van der Waals surface area contributed by atoms with E-state index in [0.717, 1.165) is 44.8 Å². The summed E-state index contributed by atoms with van der Waals surface area (Å²) >= 11 is 1.65. The molecule has 7 heteroatoms. The molecule has 3 rings (SSSR count). The van der Waals surface area contributed by atoms with Crippen LogP contribution in [0.15, 0.2) is 15.3 Å². The fourth-order valence-corrected chi connectivity index (χ4v) is 2.83. The summed E-state index contributed by atoms with van der Waals surface area (Å²) in [6, 6.07) is 0.646. The summed E-state index contributed by atoms with van der Waals surface area (Å²) in [6.07, 6.45) is 1.10. The van der Waals surface area contributed by atoms with Gasteiger partial charge in [-0.2, -0.15) is 0 Å². The van der Waals surface area contributed by atoms with Gasteiger partial charge in [0.15, 0.2) is 0 Å². The standard InChI is InChI=1S/C12H17N5OS/c1-10-14-15-12(18-10)17-4-2-3-16(5-6-17)7-11-8-19-9-13-11/h8-9H,2-7H2,1H3. The van der Waals surface area contributed by atoms with Crippen molar-refractivity contribution in [2.45, 2.75) is 19.9 Å². The van der Waals surface area contributed by atoms with E-state index in [1.165, 1.54) is 0 Å². The zero-order valence-corrected chi connectivity index (χ0v) is 11.8. The molecule has 19 heavy (non-hydrogen) atoms. The minimum Gasteiger partial charge on any atom is -0.408 e. The number of anilines is 1. The summed E-state index contributed by atoms with van der Waals surface area (Å²) in [4.78, 5) is 8.94. The highest BCUT2D eigenvalue weighted by Gasteiger charge is 2.19. The van der Waals surface area contributed by atoms with Crippen LogP contribution in [0, 0.1) is 6.92 Å². The fourth-order valence-electron chi connectivity index (χ4n) is 2.28. The van der Waals surface area contributed by atoms with Gasteiger partial charge in [-0.3, -0.25) is 4.90 Å². The number of aromatic nitrogens is 3. The molecule has 1 aliphatic heterocycles. The lowest BCUT2D eigenvalue weighted by Gasteiger charge is -2.19. The molecule has 0 spiro atoms. The molecule has 0 unspecified atom stereocenters. The summed E-state index contributed by atoms with van der Waals surface area (Å²) in [5.74, 6) is 0.624. The molecule has 0 N–H and O–H groups in total. The van der Waals surface area contributed by atoms with Gasteiger partial charge in [-0.25, -0.2) is 4.98 Å². The van der Waals surface area contributed by atoms with Crippen LogP contribution in [0.2, 0.25) is 0 Å². The Hall–Kier alpha value is -1.47. The van der Waals surface area contributed by atoms with E-state index in [1.807, 2.05) is 12.4 Å². The van der Waals surface area contributed by atoms with Crippen molar-refractivity contribution in [3.05, 3.63) is 22.5 Å². The van der Waals surface area contributed by atoms with Crippen molar-refractivity contribution >= 4 is 17.4 Å². The molecule has 0 atom stereocenters. The molecule has 0 aliphatic carbocycles. The second-order valence-corrected chi connectivity index (χ2v) is 5.42. The number of rotatable bonds is 3. The van der Waals surface area contributed by atoms with Crippen molar-refractivity contribution in [1.29, 1.82) is 0 Å². The first-order valence-corrected chi connectivity index (χ1v) is 7.40. The van der Waals surface area contributed by atoms with Crippen LogP contribution in [-0.4, -0.2) is 46.3 Å². The van der Waals surface area contributed by atoms with Crippen LogP contribution in [0.25, 0.3) is 0 Å². The van der Waals surface area contributed by atoms with E-state index < -0.39 is 0 Å².